The van der Waals surface area contributed by atoms with Crippen molar-refractivity contribution in [2.45, 2.75) is 12.4 Å². The van der Waals surface area contributed by atoms with Crippen LogP contribution in [-0.2, 0) is 0 Å². The quantitative estimate of drug-likeness (QED) is 0.631. The SMILES string of the molecule is Fc1ccc([C@@H](c2ccc(OC(F)(F)F)cc2)N2CCNCC2)c(F)c1F. The van der Waals surface area contributed by atoms with Gasteiger partial charge in [-0.1, -0.05) is 18.2 Å². The van der Waals surface area contributed by atoms with Crippen molar-refractivity contribution < 1.29 is 31.1 Å². The van der Waals surface area contributed by atoms with E-state index < -0.39 is 35.6 Å². The fourth-order valence-electron chi connectivity index (χ4n) is 3.13. The molecule has 27 heavy (non-hydrogen) atoms. The van der Waals surface area contributed by atoms with E-state index in [1.807, 2.05) is 4.90 Å². The first-order valence-electron chi connectivity index (χ1n) is 8.20. The number of hydrogen-bond acceptors (Lipinski definition) is 3. The zero-order valence-electron chi connectivity index (χ0n) is 14.0. The number of benzene rings is 2. The normalized spacial score (nSPS) is 17.0. The highest BCUT2D eigenvalue weighted by Crippen LogP contribution is 2.34. The first-order valence-corrected chi connectivity index (χ1v) is 8.20. The molecule has 3 nitrogen and oxygen atoms in total. The third-order valence-corrected chi connectivity index (χ3v) is 4.31. The molecule has 1 aliphatic rings. The first kappa shape index (κ1) is 19.5. The molecule has 1 N–H and O–H groups in total. The molecule has 1 atom stereocenters. The number of rotatable bonds is 4. The van der Waals surface area contributed by atoms with Crippen LogP contribution in [0.15, 0.2) is 36.4 Å². The van der Waals surface area contributed by atoms with Crippen LogP contribution in [0.3, 0.4) is 0 Å². The Balaban J connectivity index is 1.99. The highest BCUT2D eigenvalue weighted by Gasteiger charge is 2.32. The summed E-state index contributed by atoms with van der Waals surface area (Å²) in [6.45, 7) is 2.22. The summed E-state index contributed by atoms with van der Waals surface area (Å²) in [5.41, 5.74) is 0.358. The van der Waals surface area contributed by atoms with Gasteiger partial charge in [-0.15, -0.1) is 13.2 Å². The minimum atomic E-state index is -4.83. The van der Waals surface area contributed by atoms with E-state index in [9.17, 15) is 26.3 Å². The molecule has 0 aromatic heterocycles. The van der Waals surface area contributed by atoms with Gasteiger partial charge in [0.1, 0.15) is 5.75 Å². The van der Waals surface area contributed by atoms with Gasteiger partial charge >= 0.3 is 6.36 Å². The Labute approximate surface area is 151 Å². The van der Waals surface area contributed by atoms with Crippen molar-refractivity contribution >= 4 is 0 Å². The maximum Gasteiger partial charge on any atom is 0.573 e. The summed E-state index contributed by atoms with van der Waals surface area (Å²) in [7, 11) is 0. The standard InChI is InChI=1S/C18H16F6N2O/c19-14-6-5-13(15(20)16(14)21)17(26-9-7-25-8-10-26)11-1-3-12(4-2-11)27-18(22,23)24/h1-6,17,25H,7-10H2/t17-/m1/s1. The van der Waals surface area contributed by atoms with Gasteiger partial charge in [0, 0.05) is 31.7 Å². The van der Waals surface area contributed by atoms with Crippen LogP contribution in [0.25, 0.3) is 0 Å². The molecule has 9 heteroatoms. The van der Waals surface area contributed by atoms with Gasteiger partial charge < -0.3 is 10.1 Å². The number of halogens is 6. The second-order valence-electron chi connectivity index (χ2n) is 6.07. The number of nitrogens with zero attached hydrogens (tertiary/aromatic N) is 1. The third-order valence-electron chi connectivity index (χ3n) is 4.31. The molecule has 3 rings (SSSR count). The van der Waals surface area contributed by atoms with E-state index in [2.05, 4.69) is 10.1 Å². The summed E-state index contributed by atoms with van der Waals surface area (Å²) in [5, 5.41) is 3.13. The van der Waals surface area contributed by atoms with Crippen LogP contribution in [0.2, 0.25) is 0 Å². The van der Waals surface area contributed by atoms with E-state index in [0.29, 0.717) is 31.7 Å². The molecule has 0 aliphatic carbocycles. The Hall–Kier alpha value is -2.26. The second-order valence-corrected chi connectivity index (χ2v) is 6.07. The van der Waals surface area contributed by atoms with Gasteiger partial charge in [-0.2, -0.15) is 0 Å². The molecule has 146 valence electrons. The average Bonchev–Trinajstić information content (AvgIpc) is 2.63. The average molecular weight is 390 g/mol. The Kier molecular flexibility index (Phi) is 5.61. The maximum absolute atomic E-state index is 14.4. The lowest BCUT2D eigenvalue weighted by molar-refractivity contribution is -0.274. The van der Waals surface area contributed by atoms with Crippen LogP contribution < -0.4 is 10.1 Å². The summed E-state index contributed by atoms with van der Waals surface area (Å²) >= 11 is 0. The van der Waals surface area contributed by atoms with Crippen LogP contribution in [0.5, 0.6) is 5.75 Å². The zero-order chi connectivity index (χ0) is 19.6. The predicted molar refractivity (Wildman–Crippen MR) is 85.7 cm³/mol. The molecule has 0 unspecified atom stereocenters. The van der Waals surface area contributed by atoms with E-state index in [4.69, 9.17) is 0 Å². The van der Waals surface area contributed by atoms with Crippen molar-refractivity contribution in [1.29, 1.82) is 0 Å². The second kappa shape index (κ2) is 7.77. The Morgan fingerprint density at radius 1 is 0.889 bits per heavy atom. The van der Waals surface area contributed by atoms with E-state index in [0.717, 1.165) is 24.3 Å². The van der Waals surface area contributed by atoms with Crippen molar-refractivity contribution in [2.24, 2.45) is 0 Å². The third kappa shape index (κ3) is 4.54. The molecule has 1 saturated heterocycles. The number of alkyl halides is 3. The number of piperazine rings is 1. The minimum absolute atomic E-state index is 0.0831. The maximum atomic E-state index is 14.4. The van der Waals surface area contributed by atoms with Crippen LogP contribution in [0.1, 0.15) is 17.2 Å². The van der Waals surface area contributed by atoms with Gasteiger partial charge in [0.2, 0.25) is 0 Å². The summed E-state index contributed by atoms with van der Waals surface area (Å²) in [5.74, 6) is -4.61. The van der Waals surface area contributed by atoms with Crippen LogP contribution >= 0.6 is 0 Å². The highest BCUT2D eigenvalue weighted by atomic mass is 19.4. The fourth-order valence-corrected chi connectivity index (χ4v) is 3.13. The van der Waals surface area contributed by atoms with Crippen molar-refractivity contribution in [3.05, 3.63) is 65.0 Å². The zero-order valence-corrected chi connectivity index (χ0v) is 14.0. The molecule has 0 bridgehead atoms. The Morgan fingerprint density at radius 3 is 2.11 bits per heavy atom. The van der Waals surface area contributed by atoms with Crippen LogP contribution in [-0.4, -0.2) is 37.4 Å². The first-order chi connectivity index (χ1) is 12.8. The minimum Gasteiger partial charge on any atom is -0.406 e. The molecule has 1 heterocycles. The molecule has 2 aromatic rings. The largest absolute Gasteiger partial charge is 0.573 e. The molecule has 0 radical (unpaired) electrons. The van der Waals surface area contributed by atoms with Gasteiger partial charge in [-0.3, -0.25) is 4.90 Å². The van der Waals surface area contributed by atoms with Crippen molar-refractivity contribution in [2.75, 3.05) is 26.2 Å². The molecular weight excluding hydrogens is 374 g/mol. The lowest BCUT2D eigenvalue weighted by Crippen LogP contribution is -2.45. The molecule has 1 fully saturated rings. The number of nitrogens with one attached hydrogen (secondary N) is 1. The summed E-state index contributed by atoms with van der Waals surface area (Å²) in [6.07, 6.45) is -4.83. The monoisotopic (exact) mass is 390 g/mol. The molecule has 0 saturated carbocycles. The number of hydrogen-bond donors (Lipinski definition) is 1. The van der Waals surface area contributed by atoms with E-state index in [-0.39, 0.29) is 5.56 Å². The Bertz CT molecular complexity index is 788. The highest BCUT2D eigenvalue weighted by molar-refractivity contribution is 5.37. The van der Waals surface area contributed by atoms with Crippen LogP contribution in [0, 0.1) is 17.5 Å². The summed E-state index contributed by atoms with van der Waals surface area (Å²) in [4.78, 5) is 1.85. The van der Waals surface area contributed by atoms with Gasteiger partial charge in [-0.25, -0.2) is 13.2 Å². The van der Waals surface area contributed by atoms with Gasteiger partial charge in [0.05, 0.1) is 6.04 Å². The lowest BCUT2D eigenvalue weighted by atomic mass is 9.95. The van der Waals surface area contributed by atoms with Gasteiger partial charge in [0.25, 0.3) is 0 Å². The predicted octanol–water partition coefficient (Wildman–Crippen LogP) is 4.00. The lowest BCUT2D eigenvalue weighted by Gasteiger charge is -2.35. The summed E-state index contributed by atoms with van der Waals surface area (Å²) in [6, 6.07) is 6.14. The van der Waals surface area contributed by atoms with Crippen LogP contribution in [0.4, 0.5) is 26.3 Å². The molecular formula is C18H16F6N2O. The van der Waals surface area contributed by atoms with E-state index >= 15 is 0 Å². The molecule has 1 aliphatic heterocycles. The van der Waals surface area contributed by atoms with Gasteiger partial charge in [-0.05, 0) is 23.8 Å². The molecule has 0 spiro atoms. The summed E-state index contributed by atoms with van der Waals surface area (Å²) < 4.78 is 82.3. The van der Waals surface area contributed by atoms with Crippen molar-refractivity contribution in [3.8, 4) is 5.75 Å². The van der Waals surface area contributed by atoms with Crippen molar-refractivity contribution in [3.63, 3.8) is 0 Å². The molecule has 0 amide bonds. The Morgan fingerprint density at radius 2 is 1.52 bits per heavy atom. The smallest absolute Gasteiger partial charge is 0.406 e. The van der Waals surface area contributed by atoms with E-state index in [1.165, 1.54) is 12.1 Å². The number of ether oxygens (including phenoxy) is 1. The van der Waals surface area contributed by atoms with Crippen molar-refractivity contribution in [1.82, 2.24) is 10.2 Å². The molecule has 2 aromatic carbocycles. The topological polar surface area (TPSA) is 24.5 Å². The van der Waals surface area contributed by atoms with E-state index in [1.54, 1.807) is 0 Å². The fraction of sp³-hybridized carbons (Fsp3) is 0.333. The van der Waals surface area contributed by atoms with Gasteiger partial charge in [0.15, 0.2) is 17.5 Å².